The van der Waals surface area contributed by atoms with Crippen molar-refractivity contribution in [3.63, 3.8) is 0 Å². The number of nitrogens with zero attached hydrogens (tertiary/aromatic N) is 1. The van der Waals surface area contributed by atoms with Crippen molar-refractivity contribution in [3.05, 3.63) is 35.7 Å². The molecule has 0 aliphatic heterocycles. The highest BCUT2D eigenvalue weighted by atomic mass is 32.1. The van der Waals surface area contributed by atoms with Gasteiger partial charge in [0, 0.05) is 5.39 Å². The number of para-hydroxylation sites is 1. The molecular formula is C16H17NO2S. The zero-order chi connectivity index (χ0) is 13.7. The van der Waals surface area contributed by atoms with E-state index in [2.05, 4.69) is 34.2 Å². The van der Waals surface area contributed by atoms with Crippen LogP contribution in [-0.4, -0.2) is 27.0 Å². The Hall–Kier alpha value is -1.36. The standard InChI is InChI=1S/C16H17NO2S/c18-14-7-3-6-12(15(14)19)17-11-5-2-1-4-10(11)16-13(17)8-9-20-16/h1-2,4-5,8-9,12,14-15,18-19H,3,6-7H2. The summed E-state index contributed by atoms with van der Waals surface area (Å²) >= 11 is 1.74. The number of fused-ring (bicyclic) bond motifs is 3. The number of aliphatic hydroxyl groups is 2. The van der Waals surface area contributed by atoms with Crippen LogP contribution in [-0.2, 0) is 0 Å². The quantitative estimate of drug-likeness (QED) is 0.721. The summed E-state index contributed by atoms with van der Waals surface area (Å²) in [7, 11) is 0. The lowest BCUT2D eigenvalue weighted by Gasteiger charge is -2.33. The molecule has 0 amide bonds. The third kappa shape index (κ3) is 1.65. The second kappa shape index (κ2) is 4.58. The third-order valence-corrected chi connectivity index (χ3v) is 5.37. The summed E-state index contributed by atoms with van der Waals surface area (Å²) in [5.41, 5.74) is 2.34. The number of hydrogen-bond donors (Lipinski definition) is 2. The van der Waals surface area contributed by atoms with Crippen molar-refractivity contribution in [1.29, 1.82) is 0 Å². The predicted molar refractivity (Wildman–Crippen MR) is 82.2 cm³/mol. The molecule has 3 unspecified atom stereocenters. The average Bonchev–Trinajstić information content (AvgIpc) is 3.03. The molecular weight excluding hydrogens is 270 g/mol. The molecule has 1 aromatic carbocycles. The third-order valence-electron chi connectivity index (χ3n) is 4.43. The second-order valence-electron chi connectivity index (χ2n) is 5.58. The minimum Gasteiger partial charge on any atom is -0.390 e. The molecule has 1 fully saturated rings. The normalized spacial score (nSPS) is 27.4. The van der Waals surface area contributed by atoms with E-state index in [0.717, 1.165) is 18.4 Å². The first-order chi connectivity index (χ1) is 9.77. The Morgan fingerprint density at radius 3 is 2.80 bits per heavy atom. The van der Waals surface area contributed by atoms with Gasteiger partial charge in [0.15, 0.2) is 0 Å². The second-order valence-corrected chi connectivity index (χ2v) is 6.49. The highest BCUT2D eigenvalue weighted by molar-refractivity contribution is 7.18. The first-order valence-corrected chi connectivity index (χ1v) is 7.97. The summed E-state index contributed by atoms with van der Waals surface area (Å²) in [5, 5.41) is 23.7. The monoisotopic (exact) mass is 287 g/mol. The Morgan fingerprint density at radius 1 is 1.05 bits per heavy atom. The molecule has 1 aliphatic rings. The smallest absolute Gasteiger partial charge is 0.101 e. The lowest BCUT2D eigenvalue weighted by Crippen LogP contribution is -2.38. The summed E-state index contributed by atoms with van der Waals surface area (Å²) < 4.78 is 3.50. The van der Waals surface area contributed by atoms with E-state index in [-0.39, 0.29) is 6.04 Å². The maximum absolute atomic E-state index is 10.4. The Bertz CT molecular complexity index is 760. The predicted octanol–water partition coefficient (Wildman–Crippen LogP) is 3.30. The summed E-state index contributed by atoms with van der Waals surface area (Å²) in [5.74, 6) is 0. The van der Waals surface area contributed by atoms with Gasteiger partial charge in [0.1, 0.15) is 6.10 Å². The molecule has 4 heteroatoms. The lowest BCUT2D eigenvalue weighted by atomic mass is 9.89. The SMILES string of the molecule is OC1CCCC(n2c3ccccc3c3sccc32)C1O. The Kier molecular flexibility index (Phi) is 2.84. The number of rotatable bonds is 1. The van der Waals surface area contributed by atoms with E-state index >= 15 is 0 Å². The Labute approximate surface area is 121 Å². The van der Waals surface area contributed by atoms with Crippen LogP contribution in [0.25, 0.3) is 21.1 Å². The first-order valence-electron chi connectivity index (χ1n) is 7.09. The van der Waals surface area contributed by atoms with Crippen molar-refractivity contribution in [2.75, 3.05) is 0 Å². The summed E-state index contributed by atoms with van der Waals surface area (Å²) in [6.45, 7) is 0. The van der Waals surface area contributed by atoms with E-state index in [1.807, 2.05) is 6.07 Å². The molecule has 0 bridgehead atoms. The van der Waals surface area contributed by atoms with E-state index in [0.29, 0.717) is 6.42 Å². The first kappa shape index (κ1) is 12.4. The molecule has 0 spiro atoms. The van der Waals surface area contributed by atoms with Gasteiger partial charge in [-0.2, -0.15) is 0 Å². The van der Waals surface area contributed by atoms with Gasteiger partial charge in [0.25, 0.3) is 0 Å². The van der Waals surface area contributed by atoms with E-state index in [9.17, 15) is 10.2 Å². The fourth-order valence-electron chi connectivity index (χ4n) is 3.47. The molecule has 104 valence electrons. The lowest BCUT2D eigenvalue weighted by molar-refractivity contribution is -0.0375. The molecule has 2 aromatic heterocycles. The molecule has 2 N–H and O–H groups in total. The van der Waals surface area contributed by atoms with E-state index < -0.39 is 12.2 Å². The average molecular weight is 287 g/mol. The van der Waals surface area contributed by atoms with Crippen LogP contribution in [0.5, 0.6) is 0 Å². The van der Waals surface area contributed by atoms with Crippen LogP contribution in [0, 0.1) is 0 Å². The van der Waals surface area contributed by atoms with E-state index in [1.165, 1.54) is 15.6 Å². The van der Waals surface area contributed by atoms with Crippen molar-refractivity contribution in [2.24, 2.45) is 0 Å². The van der Waals surface area contributed by atoms with Crippen LogP contribution in [0.3, 0.4) is 0 Å². The molecule has 4 rings (SSSR count). The van der Waals surface area contributed by atoms with Gasteiger partial charge >= 0.3 is 0 Å². The van der Waals surface area contributed by atoms with E-state index in [1.54, 1.807) is 11.3 Å². The van der Waals surface area contributed by atoms with Gasteiger partial charge in [-0.15, -0.1) is 11.3 Å². The van der Waals surface area contributed by atoms with Crippen LogP contribution in [0.2, 0.25) is 0 Å². The molecule has 1 saturated carbocycles. The van der Waals surface area contributed by atoms with Crippen LogP contribution < -0.4 is 0 Å². The van der Waals surface area contributed by atoms with Crippen LogP contribution in [0.15, 0.2) is 35.7 Å². The largest absolute Gasteiger partial charge is 0.390 e. The minimum atomic E-state index is -0.678. The van der Waals surface area contributed by atoms with E-state index in [4.69, 9.17) is 0 Å². The van der Waals surface area contributed by atoms with Crippen LogP contribution >= 0.6 is 11.3 Å². The van der Waals surface area contributed by atoms with Gasteiger partial charge in [-0.3, -0.25) is 0 Å². The molecule has 0 saturated heterocycles. The van der Waals surface area contributed by atoms with Crippen molar-refractivity contribution < 1.29 is 10.2 Å². The Balaban J connectivity index is 1.98. The zero-order valence-electron chi connectivity index (χ0n) is 11.1. The van der Waals surface area contributed by atoms with Crippen molar-refractivity contribution >= 4 is 32.5 Å². The van der Waals surface area contributed by atoms with Crippen LogP contribution in [0.4, 0.5) is 0 Å². The zero-order valence-corrected chi connectivity index (χ0v) is 11.9. The number of benzene rings is 1. The fourth-order valence-corrected chi connectivity index (χ4v) is 4.39. The molecule has 3 aromatic rings. The maximum Gasteiger partial charge on any atom is 0.101 e. The van der Waals surface area contributed by atoms with Gasteiger partial charge in [-0.25, -0.2) is 0 Å². The molecule has 0 radical (unpaired) electrons. The number of aliphatic hydroxyl groups excluding tert-OH is 2. The molecule has 2 heterocycles. The van der Waals surface area contributed by atoms with Gasteiger partial charge in [-0.05, 0) is 36.8 Å². The number of hydrogen-bond acceptors (Lipinski definition) is 3. The van der Waals surface area contributed by atoms with Gasteiger partial charge in [0.05, 0.1) is 27.9 Å². The highest BCUT2D eigenvalue weighted by Gasteiger charge is 2.33. The molecule has 3 atom stereocenters. The van der Waals surface area contributed by atoms with Gasteiger partial charge < -0.3 is 14.8 Å². The highest BCUT2D eigenvalue weighted by Crippen LogP contribution is 2.39. The van der Waals surface area contributed by atoms with Gasteiger partial charge in [-0.1, -0.05) is 18.2 Å². The molecule has 20 heavy (non-hydrogen) atoms. The Morgan fingerprint density at radius 2 is 1.90 bits per heavy atom. The topological polar surface area (TPSA) is 45.4 Å². The van der Waals surface area contributed by atoms with Crippen molar-refractivity contribution in [2.45, 2.75) is 37.5 Å². The number of aromatic nitrogens is 1. The maximum atomic E-state index is 10.4. The van der Waals surface area contributed by atoms with Gasteiger partial charge in [0.2, 0.25) is 0 Å². The molecule has 1 aliphatic carbocycles. The minimum absolute atomic E-state index is 0.0317. The number of thiophene rings is 1. The molecule has 3 nitrogen and oxygen atoms in total. The van der Waals surface area contributed by atoms with Crippen molar-refractivity contribution in [3.8, 4) is 0 Å². The summed E-state index contributed by atoms with van der Waals surface area (Å²) in [6, 6.07) is 10.4. The summed E-state index contributed by atoms with van der Waals surface area (Å²) in [6.07, 6.45) is 1.29. The summed E-state index contributed by atoms with van der Waals surface area (Å²) in [4.78, 5) is 0. The fraction of sp³-hybridized carbons (Fsp3) is 0.375. The van der Waals surface area contributed by atoms with Crippen molar-refractivity contribution in [1.82, 2.24) is 4.57 Å². The van der Waals surface area contributed by atoms with Crippen LogP contribution in [0.1, 0.15) is 25.3 Å².